The maximum absolute atomic E-state index is 10.4. The predicted octanol–water partition coefficient (Wildman–Crippen LogP) is 7.08. The molecular formula is C18H34Br2O2. The second kappa shape index (κ2) is 17.8. The Hall–Kier alpha value is 0.430. The first kappa shape index (κ1) is 22.4. The van der Waals surface area contributed by atoms with Crippen LogP contribution < -0.4 is 0 Å². The van der Waals surface area contributed by atoms with Crippen LogP contribution in [0.1, 0.15) is 96.3 Å². The second-order valence-corrected chi connectivity index (χ2v) is 8.22. The molecule has 0 heterocycles. The largest absolute Gasteiger partial charge is 0.481 e. The van der Waals surface area contributed by atoms with Crippen molar-refractivity contribution in [2.45, 2.75) is 101 Å². The maximum atomic E-state index is 10.4. The molecule has 0 rings (SSSR count). The highest BCUT2D eigenvalue weighted by molar-refractivity contribution is 9.12. The van der Waals surface area contributed by atoms with Crippen LogP contribution >= 0.6 is 31.9 Å². The van der Waals surface area contributed by atoms with Gasteiger partial charge in [0.05, 0.1) is 0 Å². The van der Waals surface area contributed by atoms with E-state index in [0.717, 1.165) is 18.2 Å². The lowest BCUT2D eigenvalue weighted by Gasteiger charge is -2.05. The summed E-state index contributed by atoms with van der Waals surface area (Å²) in [4.78, 5) is 11.0. The summed E-state index contributed by atoms with van der Waals surface area (Å²) in [7, 11) is 0. The zero-order valence-corrected chi connectivity index (χ0v) is 17.2. The smallest absolute Gasteiger partial charge is 0.303 e. The van der Waals surface area contributed by atoms with Crippen LogP contribution in [0.15, 0.2) is 0 Å². The fourth-order valence-electron chi connectivity index (χ4n) is 2.66. The fraction of sp³-hybridized carbons (Fsp3) is 0.944. The topological polar surface area (TPSA) is 37.3 Å². The summed E-state index contributed by atoms with van der Waals surface area (Å²) in [6, 6.07) is 0. The number of carboxylic acids is 1. The molecule has 132 valence electrons. The van der Waals surface area contributed by atoms with Crippen LogP contribution in [0, 0.1) is 0 Å². The summed E-state index contributed by atoms with van der Waals surface area (Å²) in [5, 5.41) is 9.60. The van der Waals surface area contributed by atoms with E-state index in [9.17, 15) is 4.79 Å². The highest BCUT2D eigenvalue weighted by Gasteiger charge is 2.00. The first-order chi connectivity index (χ1) is 10.7. The number of carbonyl (C=O) groups is 1. The number of carboxylic acid groups (broad SMARTS) is 1. The number of halogens is 2. The molecule has 0 aliphatic rings. The Morgan fingerprint density at radius 2 is 1.09 bits per heavy atom. The Bertz CT molecular complexity index is 247. The van der Waals surface area contributed by atoms with Crippen LogP contribution in [0.3, 0.4) is 0 Å². The number of hydrogen-bond donors (Lipinski definition) is 1. The number of hydrogen-bond acceptors (Lipinski definition) is 1. The van der Waals surface area contributed by atoms with Crippen LogP contribution in [0.2, 0.25) is 0 Å². The van der Waals surface area contributed by atoms with Crippen molar-refractivity contribution in [2.24, 2.45) is 0 Å². The van der Waals surface area contributed by atoms with Gasteiger partial charge in [0.2, 0.25) is 0 Å². The summed E-state index contributed by atoms with van der Waals surface area (Å²) in [6.07, 6.45) is 18.4. The van der Waals surface area contributed by atoms with E-state index in [1.807, 2.05) is 0 Å². The Balaban J connectivity index is 3.01. The average molecular weight is 442 g/mol. The van der Waals surface area contributed by atoms with Crippen molar-refractivity contribution in [2.75, 3.05) is 5.33 Å². The first-order valence-corrected chi connectivity index (χ1v) is 11.1. The van der Waals surface area contributed by atoms with Gasteiger partial charge in [0.1, 0.15) is 0 Å². The van der Waals surface area contributed by atoms with Crippen LogP contribution in [-0.4, -0.2) is 21.2 Å². The molecule has 0 aliphatic carbocycles. The molecule has 0 spiro atoms. The van der Waals surface area contributed by atoms with Crippen molar-refractivity contribution in [1.29, 1.82) is 0 Å². The van der Waals surface area contributed by atoms with Gasteiger partial charge in [0, 0.05) is 16.6 Å². The van der Waals surface area contributed by atoms with Crippen molar-refractivity contribution < 1.29 is 9.90 Å². The molecule has 0 aliphatic heterocycles. The minimum absolute atomic E-state index is 0.340. The Morgan fingerprint density at radius 1 is 0.727 bits per heavy atom. The lowest BCUT2D eigenvalue weighted by molar-refractivity contribution is -0.137. The Morgan fingerprint density at radius 3 is 1.45 bits per heavy atom. The van der Waals surface area contributed by atoms with Crippen LogP contribution in [0.5, 0.6) is 0 Å². The summed E-state index contributed by atoms with van der Waals surface area (Å²) in [5.74, 6) is -0.657. The maximum Gasteiger partial charge on any atom is 0.303 e. The van der Waals surface area contributed by atoms with E-state index in [2.05, 4.69) is 31.9 Å². The molecule has 0 amide bonds. The third-order valence-electron chi connectivity index (χ3n) is 4.08. The zero-order chi connectivity index (χ0) is 16.5. The van der Waals surface area contributed by atoms with Crippen molar-refractivity contribution >= 4 is 37.8 Å². The van der Waals surface area contributed by atoms with Crippen molar-refractivity contribution in [3.63, 3.8) is 0 Å². The standard InChI is InChI=1S/C18H34Br2O2/c19-16-17(20)14-12-10-8-6-4-2-1-3-5-7-9-11-13-15-18(21)22/h17H,1-16H2,(H,21,22). The minimum atomic E-state index is -0.657. The summed E-state index contributed by atoms with van der Waals surface area (Å²) in [5.41, 5.74) is 0. The van der Waals surface area contributed by atoms with Gasteiger partial charge in [0.25, 0.3) is 0 Å². The van der Waals surface area contributed by atoms with Gasteiger partial charge in [0.15, 0.2) is 0 Å². The molecule has 0 saturated heterocycles. The number of alkyl halides is 2. The van der Waals surface area contributed by atoms with Gasteiger partial charge in [-0.25, -0.2) is 0 Å². The van der Waals surface area contributed by atoms with E-state index in [1.165, 1.54) is 77.0 Å². The summed E-state index contributed by atoms with van der Waals surface area (Å²) < 4.78 is 0. The van der Waals surface area contributed by atoms with E-state index in [4.69, 9.17) is 5.11 Å². The highest BCUT2D eigenvalue weighted by atomic mass is 79.9. The van der Waals surface area contributed by atoms with Gasteiger partial charge in [-0.1, -0.05) is 109 Å². The fourth-order valence-corrected chi connectivity index (χ4v) is 3.31. The second-order valence-electron chi connectivity index (χ2n) is 6.28. The molecule has 2 nitrogen and oxygen atoms in total. The van der Waals surface area contributed by atoms with Crippen LogP contribution in [-0.2, 0) is 4.79 Å². The van der Waals surface area contributed by atoms with Crippen molar-refractivity contribution in [3.8, 4) is 0 Å². The lowest BCUT2D eigenvalue weighted by Crippen LogP contribution is -1.97. The normalized spacial score (nSPS) is 12.5. The number of aliphatic carboxylic acids is 1. The molecule has 1 atom stereocenters. The van der Waals surface area contributed by atoms with Crippen molar-refractivity contribution in [1.82, 2.24) is 0 Å². The molecule has 0 bridgehead atoms. The van der Waals surface area contributed by atoms with Gasteiger partial charge < -0.3 is 5.11 Å². The van der Waals surface area contributed by atoms with Gasteiger partial charge >= 0.3 is 5.97 Å². The predicted molar refractivity (Wildman–Crippen MR) is 103 cm³/mol. The third-order valence-corrected chi connectivity index (χ3v) is 6.51. The van der Waals surface area contributed by atoms with E-state index in [0.29, 0.717) is 11.2 Å². The van der Waals surface area contributed by atoms with Crippen molar-refractivity contribution in [3.05, 3.63) is 0 Å². The SMILES string of the molecule is O=C(O)CCCCCCCCCCCCCCCC(Br)CBr. The molecule has 0 fully saturated rings. The van der Waals surface area contributed by atoms with Gasteiger partial charge in [-0.15, -0.1) is 0 Å². The van der Waals surface area contributed by atoms with Gasteiger partial charge in [-0.2, -0.15) is 0 Å². The molecule has 4 heteroatoms. The van der Waals surface area contributed by atoms with Crippen LogP contribution in [0.25, 0.3) is 0 Å². The summed E-state index contributed by atoms with van der Waals surface area (Å²) >= 11 is 7.14. The molecule has 0 aromatic rings. The minimum Gasteiger partial charge on any atom is -0.481 e. The van der Waals surface area contributed by atoms with E-state index in [1.54, 1.807) is 0 Å². The number of unbranched alkanes of at least 4 members (excludes halogenated alkanes) is 12. The monoisotopic (exact) mass is 440 g/mol. The zero-order valence-electron chi connectivity index (χ0n) is 14.0. The van der Waals surface area contributed by atoms with E-state index >= 15 is 0 Å². The molecule has 1 unspecified atom stereocenters. The van der Waals surface area contributed by atoms with Gasteiger partial charge in [-0.3, -0.25) is 4.79 Å². The van der Waals surface area contributed by atoms with Crippen LogP contribution in [0.4, 0.5) is 0 Å². The molecule has 0 radical (unpaired) electrons. The van der Waals surface area contributed by atoms with Gasteiger partial charge in [-0.05, 0) is 12.8 Å². The molecular weight excluding hydrogens is 408 g/mol. The average Bonchev–Trinajstić information content (AvgIpc) is 2.50. The molecule has 0 saturated carbocycles. The third kappa shape index (κ3) is 18.5. The first-order valence-electron chi connectivity index (χ1n) is 9.08. The Labute approximate surface area is 154 Å². The molecule has 0 aromatic heterocycles. The highest BCUT2D eigenvalue weighted by Crippen LogP contribution is 2.16. The molecule has 1 N–H and O–H groups in total. The lowest BCUT2D eigenvalue weighted by atomic mass is 10.0. The summed E-state index contributed by atoms with van der Waals surface area (Å²) in [6.45, 7) is 0. The quantitative estimate of drug-likeness (QED) is 0.193. The number of rotatable bonds is 17. The Kier molecular flexibility index (Phi) is 18.1. The molecule has 0 aromatic carbocycles. The van der Waals surface area contributed by atoms with E-state index in [-0.39, 0.29) is 0 Å². The molecule has 22 heavy (non-hydrogen) atoms. The van der Waals surface area contributed by atoms with E-state index < -0.39 is 5.97 Å².